The van der Waals surface area contributed by atoms with Crippen molar-refractivity contribution in [2.75, 3.05) is 0 Å². The predicted octanol–water partition coefficient (Wildman–Crippen LogP) is 0.292. The molecule has 0 radical (unpaired) electrons. The van der Waals surface area contributed by atoms with Crippen LogP contribution in [0, 0.1) is 0 Å². The number of hydrogen-bond donors (Lipinski definition) is 3. The molecule has 0 spiro atoms. The smallest absolute Gasteiger partial charge is 0.252 e. The summed E-state index contributed by atoms with van der Waals surface area (Å²) < 4.78 is 23.0. The number of hydrogen-bond acceptors (Lipinski definition) is 4. The minimum Gasteiger partial charge on any atom is -0.506 e. The van der Waals surface area contributed by atoms with Crippen molar-refractivity contribution in [3.63, 3.8) is 0 Å². The number of phenols is 1. The molecule has 2 aromatic rings. The van der Waals surface area contributed by atoms with Gasteiger partial charge in [0.05, 0.1) is 10.5 Å². The fraction of sp³-hybridized carbons (Fsp3) is 0. The van der Waals surface area contributed by atoms with E-state index in [1.807, 2.05) is 0 Å². The van der Waals surface area contributed by atoms with Gasteiger partial charge in [-0.25, -0.2) is 13.6 Å². The SMILES string of the molecule is NC(=O)c1cc(S(N)(=O)=O)c2ccccc2c1O. The van der Waals surface area contributed by atoms with Crippen LogP contribution in [-0.2, 0) is 10.0 Å². The number of rotatable bonds is 2. The van der Waals surface area contributed by atoms with Crippen molar-refractivity contribution in [1.29, 1.82) is 0 Å². The second kappa shape index (κ2) is 3.97. The van der Waals surface area contributed by atoms with Crippen LogP contribution in [0.1, 0.15) is 10.4 Å². The van der Waals surface area contributed by atoms with E-state index in [4.69, 9.17) is 10.9 Å². The van der Waals surface area contributed by atoms with Gasteiger partial charge in [0.25, 0.3) is 5.91 Å². The first-order valence-corrected chi connectivity index (χ1v) is 6.44. The van der Waals surface area contributed by atoms with Crippen LogP contribution in [0.15, 0.2) is 35.2 Å². The van der Waals surface area contributed by atoms with Gasteiger partial charge in [0, 0.05) is 10.8 Å². The van der Waals surface area contributed by atoms with Crippen LogP contribution >= 0.6 is 0 Å². The average molecular weight is 266 g/mol. The molecule has 0 saturated carbocycles. The molecule has 0 aliphatic heterocycles. The topological polar surface area (TPSA) is 123 Å². The highest BCUT2D eigenvalue weighted by Crippen LogP contribution is 2.33. The van der Waals surface area contributed by atoms with Gasteiger partial charge in [-0.2, -0.15) is 0 Å². The number of carbonyl (C=O) groups is 1. The van der Waals surface area contributed by atoms with Crippen LogP contribution in [0.5, 0.6) is 5.75 Å². The summed E-state index contributed by atoms with van der Waals surface area (Å²) in [6.45, 7) is 0. The molecular formula is C11H10N2O4S. The van der Waals surface area contributed by atoms with Gasteiger partial charge >= 0.3 is 0 Å². The lowest BCUT2D eigenvalue weighted by atomic mass is 10.0. The average Bonchev–Trinajstić information content (AvgIpc) is 2.27. The molecule has 0 aromatic heterocycles. The standard InChI is InChI=1S/C11H10N2O4S/c12-11(15)8-5-9(18(13,16)17)6-3-1-2-4-7(6)10(8)14/h1-5,14H,(H2,12,15)(H2,13,16,17). The molecule has 2 aromatic carbocycles. The normalized spacial score (nSPS) is 11.6. The Hall–Kier alpha value is -2.12. The molecule has 0 aliphatic carbocycles. The number of amides is 1. The van der Waals surface area contributed by atoms with E-state index in [0.717, 1.165) is 6.07 Å². The minimum atomic E-state index is -4.02. The van der Waals surface area contributed by atoms with E-state index in [1.165, 1.54) is 12.1 Å². The summed E-state index contributed by atoms with van der Waals surface area (Å²) in [6, 6.07) is 7.14. The summed E-state index contributed by atoms with van der Waals surface area (Å²) in [6.07, 6.45) is 0. The lowest BCUT2D eigenvalue weighted by Crippen LogP contribution is -2.16. The Morgan fingerprint density at radius 2 is 1.72 bits per heavy atom. The van der Waals surface area contributed by atoms with Crippen LogP contribution in [0.4, 0.5) is 0 Å². The Bertz CT molecular complexity index is 753. The molecule has 1 amide bonds. The lowest BCUT2D eigenvalue weighted by molar-refractivity contribution is 0.0998. The molecule has 94 valence electrons. The van der Waals surface area contributed by atoms with Crippen LogP contribution < -0.4 is 10.9 Å². The van der Waals surface area contributed by atoms with Gasteiger partial charge in [-0.1, -0.05) is 24.3 Å². The van der Waals surface area contributed by atoms with E-state index >= 15 is 0 Å². The third-order valence-electron chi connectivity index (χ3n) is 2.55. The highest BCUT2D eigenvalue weighted by molar-refractivity contribution is 7.89. The number of benzene rings is 2. The van der Waals surface area contributed by atoms with Gasteiger partial charge in [0.15, 0.2) is 0 Å². The molecule has 18 heavy (non-hydrogen) atoms. The Morgan fingerprint density at radius 1 is 1.17 bits per heavy atom. The predicted molar refractivity (Wildman–Crippen MR) is 65.5 cm³/mol. The van der Waals surface area contributed by atoms with Crippen molar-refractivity contribution < 1.29 is 18.3 Å². The summed E-state index contributed by atoms with van der Waals surface area (Å²) >= 11 is 0. The van der Waals surface area contributed by atoms with Crippen molar-refractivity contribution >= 4 is 26.7 Å². The Kier molecular flexibility index (Phi) is 2.72. The third-order valence-corrected chi connectivity index (χ3v) is 3.50. The quantitative estimate of drug-likeness (QED) is 0.722. The van der Waals surface area contributed by atoms with Gasteiger partial charge < -0.3 is 10.8 Å². The van der Waals surface area contributed by atoms with Crippen LogP contribution in [0.3, 0.4) is 0 Å². The van der Waals surface area contributed by atoms with Gasteiger partial charge in [0.2, 0.25) is 10.0 Å². The maximum atomic E-state index is 11.5. The number of sulfonamides is 1. The molecule has 0 aliphatic rings. The van der Waals surface area contributed by atoms with Gasteiger partial charge in [-0.3, -0.25) is 4.79 Å². The largest absolute Gasteiger partial charge is 0.506 e. The van der Waals surface area contributed by atoms with Crippen LogP contribution in [0.25, 0.3) is 10.8 Å². The number of fused-ring (bicyclic) bond motifs is 1. The van der Waals surface area contributed by atoms with E-state index in [0.29, 0.717) is 0 Å². The Labute approximate surface area is 103 Å². The number of aromatic hydroxyl groups is 1. The number of primary sulfonamides is 1. The highest BCUT2D eigenvalue weighted by Gasteiger charge is 2.20. The second-order valence-corrected chi connectivity index (χ2v) is 5.26. The number of carbonyl (C=O) groups excluding carboxylic acids is 1. The number of nitrogens with two attached hydrogens (primary N) is 2. The van der Waals surface area contributed by atoms with Crippen molar-refractivity contribution in [3.8, 4) is 5.75 Å². The van der Waals surface area contributed by atoms with Crippen LogP contribution in [0.2, 0.25) is 0 Å². The Morgan fingerprint density at radius 3 is 2.22 bits per heavy atom. The summed E-state index contributed by atoms with van der Waals surface area (Å²) in [4.78, 5) is 10.9. The van der Waals surface area contributed by atoms with E-state index in [-0.39, 0.29) is 27.0 Å². The molecule has 6 nitrogen and oxygen atoms in total. The van der Waals surface area contributed by atoms with E-state index in [1.54, 1.807) is 12.1 Å². The zero-order chi connectivity index (χ0) is 13.5. The Balaban J connectivity index is 3.03. The summed E-state index contributed by atoms with van der Waals surface area (Å²) in [5.41, 5.74) is 4.80. The van der Waals surface area contributed by atoms with Crippen molar-refractivity contribution in [2.45, 2.75) is 4.90 Å². The van der Waals surface area contributed by atoms with Gasteiger partial charge in [-0.05, 0) is 6.07 Å². The first-order chi connectivity index (χ1) is 8.32. The summed E-state index contributed by atoms with van der Waals surface area (Å²) in [7, 11) is -4.02. The molecule has 0 unspecified atom stereocenters. The molecule has 0 atom stereocenters. The maximum Gasteiger partial charge on any atom is 0.252 e. The fourth-order valence-corrected chi connectivity index (χ4v) is 2.52. The molecule has 2 rings (SSSR count). The van der Waals surface area contributed by atoms with Gasteiger partial charge in [0.1, 0.15) is 5.75 Å². The maximum absolute atomic E-state index is 11.5. The highest BCUT2D eigenvalue weighted by atomic mass is 32.2. The second-order valence-electron chi connectivity index (χ2n) is 3.73. The zero-order valence-corrected chi connectivity index (χ0v) is 9.94. The summed E-state index contributed by atoms with van der Waals surface area (Å²) in [5, 5.41) is 15.4. The fourth-order valence-electron chi connectivity index (χ4n) is 1.75. The summed E-state index contributed by atoms with van der Waals surface area (Å²) in [5.74, 6) is -1.28. The number of primary amides is 1. The third kappa shape index (κ3) is 1.89. The van der Waals surface area contributed by atoms with Gasteiger partial charge in [-0.15, -0.1) is 0 Å². The first-order valence-electron chi connectivity index (χ1n) is 4.89. The molecule has 0 bridgehead atoms. The molecule has 7 heteroatoms. The van der Waals surface area contributed by atoms with E-state index in [9.17, 15) is 18.3 Å². The molecule has 0 heterocycles. The monoisotopic (exact) mass is 266 g/mol. The van der Waals surface area contributed by atoms with Crippen molar-refractivity contribution in [3.05, 3.63) is 35.9 Å². The van der Waals surface area contributed by atoms with Crippen molar-refractivity contribution in [1.82, 2.24) is 0 Å². The lowest BCUT2D eigenvalue weighted by Gasteiger charge is -2.09. The molecule has 0 fully saturated rings. The van der Waals surface area contributed by atoms with Crippen LogP contribution in [-0.4, -0.2) is 19.4 Å². The first kappa shape index (κ1) is 12.3. The minimum absolute atomic E-state index is 0.206. The van der Waals surface area contributed by atoms with E-state index < -0.39 is 15.9 Å². The van der Waals surface area contributed by atoms with Crippen molar-refractivity contribution in [2.24, 2.45) is 10.9 Å². The molecular weight excluding hydrogens is 256 g/mol. The zero-order valence-electron chi connectivity index (χ0n) is 9.12. The molecule has 5 N–H and O–H groups in total. The van der Waals surface area contributed by atoms with E-state index in [2.05, 4.69) is 0 Å². The molecule has 0 saturated heterocycles.